The molecule has 0 atom stereocenters. The van der Waals surface area contributed by atoms with Gasteiger partial charge in [0, 0.05) is 5.69 Å². The van der Waals surface area contributed by atoms with Gasteiger partial charge in [-0.1, -0.05) is 35.9 Å². The summed E-state index contributed by atoms with van der Waals surface area (Å²) in [6.45, 7) is 0. The van der Waals surface area contributed by atoms with Crippen LogP contribution in [0.4, 0.5) is 5.69 Å². The standard InChI is InChI=1S/C25H19ClN4O5/c1-34-22-14-17(8-11-21(22)35-25(33)19-4-2-3-5-20(19)26)15-28-30-24(32)23(31)29-18-9-6-16(7-10-18)12-13-27/h2-11,14-15H,12H2,1H3,(H,29,31)(H,30,32)/b28-15+. The minimum atomic E-state index is -0.973. The molecule has 0 aliphatic rings. The van der Waals surface area contributed by atoms with Gasteiger partial charge in [0.25, 0.3) is 0 Å². The Hall–Kier alpha value is -4.68. The van der Waals surface area contributed by atoms with Gasteiger partial charge in [0.05, 0.1) is 36.4 Å². The molecule has 9 nitrogen and oxygen atoms in total. The van der Waals surface area contributed by atoms with Gasteiger partial charge in [0.15, 0.2) is 11.5 Å². The summed E-state index contributed by atoms with van der Waals surface area (Å²) in [7, 11) is 1.40. The van der Waals surface area contributed by atoms with E-state index in [1.165, 1.54) is 25.5 Å². The number of carbonyl (C=O) groups excluding carboxylic acids is 3. The molecule has 0 aromatic heterocycles. The highest BCUT2D eigenvalue weighted by atomic mass is 35.5. The Morgan fingerprint density at radius 2 is 1.77 bits per heavy atom. The number of amides is 2. The molecule has 176 valence electrons. The maximum atomic E-state index is 12.4. The van der Waals surface area contributed by atoms with E-state index in [9.17, 15) is 14.4 Å². The third-order valence-electron chi connectivity index (χ3n) is 4.57. The number of methoxy groups -OCH3 is 1. The summed E-state index contributed by atoms with van der Waals surface area (Å²) < 4.78 is 10.6. The number of nitrogens with one attached hydrogen (secondary N) is 2. The number of nitriles is 1. The molecule has 35 heavy (non-hydrogen) atoms. The molecule has 10 heteroatoms. The van der Waals surface area contributed by atoms with Crippen LogP contribution in [0.1, 0.15) is 21.5 Å². The van der Waals surface area contributed by atoms with Crippen molar-refractivity contribution in [2.75, 3.05) is 12.4 Å². The fourth-order valence-corrected chi connectivity index (χ4v) is 3.04. The monoisotopic (exact) mass is 490 g/mol. The predicted octanol–water partition coefficient (Wildman–Crippen LogP) is 3.72. The molecule has 0 fully saturated rings. The predicted molar refractivity (Wildman–Crippen MR) is 130 cm³/mol. The fraction of sp³-hybridized carbons (Fsp3) is 0.0800. The first kappa shape index (κ1) is 25.0. The van der Waals surface area contributed by atoms with Crippen molar-refractivity contribution in [1.82, 2.24) is 5.43 Å². The number of anilines is 1. The lowest BCUT2D eigenvalue weighted by molar-refractivity contribution is -0.136. The van der Waals surface area contributed by atoms with E-state index < -0.39 is 17.8 Å². The van der Waals surface area contributed by atoms with Gasteiger partial charge < -0.3 is 14.8 Å². The fourth-order valence-electron chi connectivity index (χ4n) is 2.83. The number of hydrogen-bond acceptors (Lipinski definition) is 7. The van der Waals surface area contributed by atoms with E-state index in [2.05, 4.69) is 15.8 Å². The summed E-state index contributed by atoms with van der Waals surface area (Å²) in [5, 5.41) is 15.1. The molecule has 0 saturated heterocycles. The van der Waals surface area contributed by atoms with E-state index in [0.717, 1.165) is 5.56 Å². The zero-order chi connectivity index (χ0) is 25.2. The first-order valence-electron chi connectivity index (χ1n) is 10.2. The average molecular weight is 491 g/mol. The molecular weight excluding hydrogens is 472 g/mol. The highest BCUT2D eigenvalue weighted by Gasteiger charge is 2.16. The van der Waals surface area contributed by atoms with Gasteiger partial charge >= 0.3 is 17.8 Å². The SMILES string of the molecule is COc1cc(/C=N/NC(=O)C(=O)Nc2ccc(CC#N)cc2)ccc1OC(=O)c1ccccc1Cl. The quantitative estimate of drug-likeness (QED) is 0.171. The van der Waals surface area contributed by atoms with Crippen molar-refractivity contribution in [2.45, 2.75) is 6.42 Å². The van der Waals surface area contributed by atoms with Gasteiger partial charge in [0.1, 0.15) is 0 Å². The highest BCUT2D eigenvalue weighted by molar-refractivity contribution is 6.39. The van der Waals surface area contributed by atoms with Crippen molar-refractivity contribution in [1.29, 1.82) is 5.26 Å². The van der Waals surface area contributed by atoms with Crippen molar-refractivity contribution in [3.63, 3.8) is 0 Å². The lowest BCUT2D eigenvalue weighted by atomic mass is 10.1. The zero-order valence-electron chi connectivity index (χ0n) is 18.4. The number of benzene rings is 3. The zero-order valence-corrected chi connectivity index (χ0v) is 19.2. The Bertz CT molecular complexity index is 1320. The van der Waals surface area contributed by atoms with E-state index in [1.807, 2.05) is 6.07 Å². The molecule has 0 heterocycles. The second-order valence-electron chi connectivity index (χ2n) is 6.96. The number of carbonyl (C=O) groups is 3. The first-order chi connectivity index (χ1) is 16.9. The maximum absolute atomic E-state index is 12.4. The minimum absolute atomic E-state index is 0.166. The van der Waals surface area contributed by atoms with Gasteiger partial charge in [-0.25, -0.2) is 10.2 Å². The second kappa shape index (κ2) is 12.0. The van der Waals surface area contributed by atoms with Crippen LogP contribution in [0.25, 0.3) is 0 Å². The second-order valence-corrected chi connectivity index (χ2v) is 7.37. The van der Waals surface area contributed by atoms with Crippen LogP contribution >= 0.6 is 11.6 Å². The molecular formula is C25H19ClN4O5. The van der Waals surface area contributed by atoms with Crippen LogP contribution < -0.4 is 20.2 Å². The normalized spacial score (nSPS) is 10.3. The van der Waals surface area contributed by atoms with Crippen LogP contribution in [0.5, 0.6) is 11.5 Å². The van der Waals surface area contributed by atoms with Crippen LogP contribution in [-0.4, -0.2) is 31.1 Å². The molecule has 0 radical (unpaired) electrons. The van der Waals surface area contributed by atoms with Crippen LogP contribution in [0.2, 0.25) is 5.02 Å². The molecule has 0 aliphatic carbocycles. The van der Waals surface area contributed by atoms with Gasteiger partial charge in [-0.05, 0) is 53.6 Å². The Kier molecular flexibility index (Phi) is 8.53. The number of ether oxygens (including phenoxy) is 2. The Morgan fingerprint density at radius 3 is 2.46 bits per heavy atom. The summed E-state index contributed by atoms with van der Waals surface area (Å²) in [6.07, 6.45) is 1.54. The summed E-state index contributed by atoms with van der Waals surface area (Å²) in [6, 6.07) is 19.7. The van der Waals surface area contributed by atoms with Gasteiger partial charge in [-0.2, -0.15) is 10.4 Å². The molecule has 3 aromatic carbocycles. The van der Waals surface area contributed by atoms with Crippen molar-refractivity contribution < 1.29 is 23.9 Å². The highest BCUT2D eigenvalue weighted by Crippen LogP contribution is 2.29. The smallest absolute Gasteiger partial charge is 0.345 e. The number of hydrogen-bond donors (Lipinski definition) is 2. The Balaban J connectivity index is 1.59. The van der Waals surface area contributed by atoms with Crippen molar-refractivity contribution >= 4 is 41.3 Å². The van der Waals surface area contributed by atoms with E-state index in [0.29, 0.717) is 11.3 Å². The molecule has 0 bridgehead atoms. The molecule has 0 unspecified atom stereocenters. The summed E-state index contributed by atoms with van der Waals surface area (Å²) >= 11 is 6.03. The lowest BCUT2D eigenvalue weighted by Crippen LogP contribution is -2.32. The molecule has 0 spiro atoms. The Labute approximate surface area is 205 Å². The van der Waals surface area contributed by atoms with Crippen LogP contribution in [0, 0.1) is 11.3 Å². The third-order valence-corrected chi connectivity index (χ3v) is 4.89. The third kappa shape index (κ3) is 6.90. The van der Waals surface area contributed by atoms with E-state index >= 15 is 0 Å². The van der Waals surface area contributed by atoms with Crippen molar-refractivity contribution in [3.8, 4) is 17.6 Å². The maximum Gasteiger partial charge on any atom is 0.345 e. The van der Waals surface area contributed by atoms with E-state index in [-0.39, 0.29) is 28.5 Å². The van der Waals surface area contributed by atoms with Gasteiger partial charge in [-0.3, -0.25) is 9.59 Å². The molecule has 3 rings (SSSR count). The number of hydrazone groups is 1. The molecule has 2 N–H and O–H groups in total. The largest absolute Gasteiger partial charge is 0.493 e. The summed E-state index contributed by atoms with van der Waals surface area (Å²) in [5.41, 5.74) is 4.04. The number of halogens is 1. The van der Waals surface area contributed by atoms with Gasteiger partial charge in [-0.15, -0.1) is 0 Å². The van der Waals surface area contributed by atoms with E-state index in [1.54, 1.807) is 54.6 Å². The minimum Gasteiger partial charge on any atom is -0.493 e. The number of nitrogens with zero attached hydrogens (tertiary/aromatic N) is 2. The lowest BCUT2D eigenvalue weighted by Gasteiger charge is -2.10. The number of esters is 1. The average Bonchev–Trinajstić information content (AvgIpc) is 2.86. The van der Waals surface area contributed by atoms with Crippen LogP contribution in [0.3, 0.4) is 0 Å². The topological polar surface area (TPSA) is 130 Å². The van der Waals surface area contributed by atoms with Crippen molar-refractivity contribution in [2.24, 2.45) is 5.10 Å². The molecule has 0 saturated carbocycles. The Morgan fingerprint density at radius 1 is 1.03 bits per heavy atom. The summed E-state index contributed by atoms with van der Waals surface area (Å²) in [4.78, 5) is 36.4. The summed E-state index contributed by atoms with van der Waals surface area (Å²) in [5.74, 6) is -2.11. The van der Waals surface area contributed by atoms with E-state index in [4.69, 9.17) is 26.3 Å². The number of rotatable bonds is 7. The van der Waals surface area contributed by atoms with Crippen molar-refractivity contribution in [3.05, 3.63) is 88.4 Å². The van der Waals surface area contributed by atoms with Crippen LogP contribution in [-0.2, 0) is 16.0 Å². The molecule has 0 aliphatic heterocycles. The molecule has 3 aromatic rings. The van der Waals surface area contributed by atoms with Gasteiger partial charge in [0.2, 0.25) is 0 Å². The first-order valence-corrected chi connectivity index (χ1v) is 10.5. The molecule has 2 amide bonds. The van der Waals surface area contributed by atoms with Crippen LogP contribution in [0.15, 0.2) is 71.8 Å².